The van der Waals surface area contributed by atoms with Gasteiger partial charge in [-0.1, -0.05) is 31.5 Å². The number of hydrogen-bond acceptors (Lipinski definition) is 3. The van der Waals surface area contributed by atoms with Gasteiger partial charge >= 0.3 is 0 Å². The van der Waals surface area contributed by atoms with Crippen molar-refractivity contribution in [1.29, 1.82) is 0 Å². The van der Waals surface area contributed by atoms with Gasteiger partial charge in [0.05, 0.1) is 0 Å². The van der Waals surface area contributed by atoms with Crippen molar-refractivity contribution >= 4 is 11.8 Å². The number of hydrogen-bond donors (Lipinski definition) is 1. The van der Waals surface area contributed by atoms with Gasteiger partial charge in [0.25, 0.3) is 0 Å². The molecule has 0 spiro atoms. The summed E-state index contributed by atoms with van der Waals surface area (Å²) in [5.41, 5.74) is 0. The van der Waals surface area contributed by atoms with Crippen LogP contribution in [-0.2, 0) is 0 Å². The number of likely N-dealkylation sites (tertiary alicyclic amines) is 1. The van der Waals surface area contributed by atoms with Gasteiger partial charge in [0.2, 0.25) is 0 Å². The van der Waals surface area contributed by atoms with Crippen molar-refractivity contribution in [1.82, 2.24) is 10.2 Å². The molecule has 1 aromatic rings. The van der Waals surface area contributed by atoms with Crippen LogP contribution >= 0.6 is 11.8 Å². The lowest BCUT2D eigenvalue weighted by molar-refractivity contribution is 0.155. The maximum atomic E-state index is 3.51. The van der Waals surface area contributed by atoms with Crippen molar-refractivity contribution in [2.45, 2.75) is 37.1 Å². The molecule has 0 saturated carbocycles. The van der Waals surface area contributed by atoms with Crippen LogP contribution in [0.5, 0.6) is 0 Å². The number of likely N-dealkylation sites (N-methyl/N-ethyl adjacent to an activating group) is 1. The molecule has 1 unspecified atom stereocenters. The zero-order valence-electron chi connectivity index (χ0n) is 12.0. The monoisotopic (exact) mass is 278 g/mol. The Kier molecular flexibility index (Phi) is 6.75. The van der Waals surface area contributed by atoms with E-state index in [2.05, 4.69) is 47.5 Å². The zero-order valence-corrected chi connectivity index (χ0v) is 12.8. The van der Waals surface area contributed by atoms with Crippen LogP contribution in [0, 0.1) is 0 Å². The highest BCUT2D eigenvalue weighted by Gasteiger charge is 2.21. The molecule has 3 heteroatoms. The Bertz CT molecular complexity index is 342. The van der Waals surface area contributed by atoms with E-state index in [0.717, 1.165) is 19.1 Å². The van der Waals surface area contributed by atoms with Crippen molar-refractivity contribution < 1.29 is 0 Å². The van der Waals surface area contributed by atoms with Crippen LogP contribution < -0.4 is 5.32 Å². The van der Waals surface area contributed by atoms with Gasteiger partial charge in [-0.05, 0) is 38.1 Å². The van der Waals surface area contributed by atoms with Crippen molar-refractivity contribution in [3.63, 3.8) is 0 Å². The first-order valence-electron chi connectivity index (χ1n) is 7.52. The van der Waals surface area contributed by atoms with Crippen LogP contribution in [-0.4, -0.2) is 42.9 Å². The number of benzene rings is 1. The first kappa shape index (κ1) is 14.9. The van der Waals surface area contributed by atoms with E-state index in [9.17, 15) is 0 Å². The van der Waals surface area contributed by atoms with E-state index in [1.807, 2.05) is 11.8 Å². The molecule has 1 saturated heterocycles. The third-order valence-corrected chi connectivity index (χ3v) is 4.76. The highest BCUT2D eigenvalue weighted by molar-refractivity contribution is 7.99. The summed E-state index contributed by atoms with van der Waals surface area (Å²) < 4.78 is 0. The summed E-state index contributed by atoms with van der Waals surface area (Å²) >= 11 is 1.98. The van der Waals surface area contributed by atoms with E-state index in [4.69, 9.17) is 0 Å². The predicted octanol–water partition coefficient (Wildman–Crippen LogP) is 3.24. The topological polar surface area (TPSA) is 15.3 Å². The van der Waals surface area contributed by atoms with E-state index in [0.29, 0.717) is 0 Å². The Morgan fingerprint density at radius 3 is 2.89 bits per heavy atom. The molecule has 1 heterocycles. The fourth-order valence-corrected chi connectivity index (χ4v) is 3.61. The molecule has 0 aromatic heterocycles. The van der Waals surface area contributed by atoms with Gasteiger partial charge in [-0.2, -0.15) is 0 Å². The van der Waals surface area contributed by atoms with Crippen LogP contribution in [0.25, 0.3) is 0 Å². The number of rotatable bonds is 7. The molecule has 0 aliphatic carbocycles. The molecule has 19 heavy (non-hydrogen) atoms. The number of nitrogens with one attached hydrogen (secondary N) is 1. The molecule has 0 bridgehead atoms. The van der Waals surface area contributed by atoms with E-state index >= 15 is 0 Å². The average molecular weight is 278 g/mol. The van der Waals surface area contributed by atoms with Gasteiger partial charge in [0.1, 0.15) is 0 Å². The molecule has 1 aliphatic rings. The second-order valence-corrected chi connectivity index (χ2v) is 6.32. The van der Waals surface area contributed by atoms with Crippen LogP contribution in [0.2, 0.25) is 0 Å². The zero-order chi connectivity index (χ0) is 13.3. The van der Waals surface area contributed by atoms with Gasteiger partial charge in [0.15, 0.2) is 0 Å². The molecular formula is C16H26N2S. The smallest absolute Gasteiger partial charge is 0.0220 e. The lowest BCUT2D eigenvalue weighted by Gasteiger charge is -2.35. The minimum Gasteiger partial charge on any atom is -0.315 e. The van der Waals surface area contributed by atoms with Gasteiger partial charge in [-0.15, -0.1) is 11.8 Å². The lowest BCUT2D eigenvalue weighted by Crippen LogP contribution is -2.46. The quantitative estimate of drug-likeness (QED) is 0.771. The van der Waals surface area contributed by atoms with E-state index in [1.54, 1.807) is 0 Å². The molecule has 1 aliphatic heterocycles. The SMILES string of the molecule is CCNCC1CCCCN1CCSc1ccccc1. The fraction of sp³-hybridized carbons (Fsp3) is 0.625. The molecule has 0 radical (unpaired) electrons. The van der Waals surface area contributed by atoms with Crippen molar-refractivity contribution in [2.75, 3.05) is 31.9 Å². The first-order chi connectivity index (χ1) is 9.40. The summed E-state index contributed by atoms with van der Waals surface area (Å²) in [7, 11) is 0. The number of thioether (sulfide) groups is 1. The molecule has 1 fully saturated rings. The normalized spacial score (nSPS) is 20.6. The summed E-state index contributed by atoms with van der Waals surface area (Å²) in [5, 5.41) is 3.51. The fourth-order valence-electron chi connectivity index (χ4n) is 2.69. The largest absolute Gasteiger partial charge is 0.315 e. The Labute approximate surface area is 122 Å². The summed E-state index contributed by atoms with van der Waals surface area (Å²) in [6.45, 7) is 6.94. The molecule has 1 N–H and O–H groups in total. The standard InChI is InChI=1S/C16H26N2S/c1-2-17-14-15-8-6-7-11-18(15)12-13-19-16-9-4-3-5-10-16/h3-5,9-10,15,17H,2,6-8,11-14H2,1H3. The van der Waals surface area contributed by atoms with Crippen molar-refractivity contribution in [2.24, 2.45) is 0 Å². The van der Waals surface area contributed by atoms with Crippen molar-refractivity contribution in [3.05, 3.63) is 30.3 Å². The van der Waals surface area contributed by atoms with Crippen LogP contribution in [0.4, 0.5) is 0 Å². The first-order valence-corrected chi connectivity index (χ1v) is 8.51. The van der Waals surface area contributed by atoms with Crippen molar-refractivity contribution in [3.8, 4) is 0 Å². The predicted molar refractivity (Wildman–Crippen MR) is 84.9 cm³/mol. The summed E-state index contributed by atoms with van der Waals surface area (Å²) in [4.78, 5) is 4.07. The average Bonchev–Trinajstić information content (AvgIpc) is 2.47. The summed E-state index contributed by atoms with van der Waals surface area (Å²) in [6.07, 6.45) is 4.14. The number of piperidine rings is 1. The minimum atomic E-state index is 0.755. The second-order valence-electron chi connectivity index (χ2n) is 5.15. The lowest BCUT2D eigenvalue weighted by atomic mass is 10.0. The molecule has 106 valence electrons. The Balaban J connectivity index is 1.73. The van der Waals surface area contributed by atoms with Crippen LogP contribution in [0.15, 0.2) is 35.2 Å². The second kappa shape index (κ2) is 8.62. The van der Waals surface area contributed by atoms with Gasteiger partial charge in [-0.25, -0.2) is 0 Å². The molecule has 1 atom stereocenters. The minimum absolute atomic E-state index is 0.755. The Hall–Kier alpha value is -0.510. The third-order valence-electron chi connectivity index (χ3n) is 3.77. The maximum absolute atomic E-state index is 3.51. The Morgan fingerprint density at radius 1 is 1.26 bits per heavy atom. The highest BCUT2D eigenvalue weighted by Crippen LogP contribution is 2.20. The van der Waals surface area contributed by atoms with E-state index < -0.39 is 0 Å². The third kappa shape index (κ3) is 5.17. The van der Waals surface area contributed by atoms with Gasteiger partial charge in [0, 0.05) is 29.8 Å². The van der Waals surface area contributed by atoms with Crippen LogP contribution in [0.1, 0.15) is 26.2 Å². The Morgan fingerprint density at radius 2 is 2.11 bits per heavy atom. The molecule has 2 rings (SSSR count). The molecule has 1 aromatic carbocycles. The van der Waals surface area contributed by atoms with Gasteiger partial charge < -0.3 is 5.32 Å². The molecular weight excluding hydrogens is 252 g/mol. The van der Waals surface area contributed by atoms with E-state index in [-0.39, 0.29) is 0 Å². The highest BCUT2D eigenvalue weighted by atomic mass is 32.2. The summed E-state index contributed by atoms with van der Waals surface area (Å²) in [6, 6.07) is 11.5. The summed E-state index contributed by atoms with van der Waals surface area (Å²) in [5.74, 6) is 1.20. The number of nitrogens with zero attached hydrogens (tertiary/aromatic N) is 1. The van der Waals surface area contributed by atoms with E-state index in [1.165, 1.54) is 43.0 Å². The molecule has 2 nitrogen and oxygen atoms in total. The molecule has 0 amide bonds. The maximum Gasteiger partial charge on any atom is 0.0220 e. The van der Waals surface area contributed by atoms with Crippen LogP contribution in [0.3, 0.4) is 0 Å². The van der Waals surface area contributed by atoms with Gasteiger partial charge in [-0.3, -0.25) is 4.90 Å².